The number of nitrogens with one attached hydrogen (secondary N) is 1. The predicted octanol–water partition coefficient (Wildman–Crippen LogP) is 1.62. The van der Waals surface area contributed by atoms with E-state index in [0.29, 0.717) is 17.3 Å². The molecule has 1 N–H and O–H groups in total. The normalized spacial score (nSPS) is 17.6. The molecule has 0 aliphatic carbocycles. The summed E-state index contributed by atoms with van der Waals surface area (Å²) in [5.74, 6) is 1.19. The molecule has 1 atom stereocenters. The van der Waals surface area contributed by atoms with Crippen LogP contribution < -0.4 is 0 Å². The number of nitrogens with zero attached hydrogens (tertiary/aromatic N) is 6. The van der Waals surface area contributed by atoms with Crippen LogP contribution in [0.4, 0.5) is 0 Å². The van der Waals surface area contributed by atoms with Crippen molar-refractivity contribution in [3.8, 4) is 11.4 Å². The van der Waals surface area contributed by atoms with Gasteiger partial charge in [-0.1, -0.05) is 17.3 Å². The molecule has 8 nitrogen and oxygen atoms in total. The van der Waals surface area contributed by atoms with E-state index in [4.69, 9.17) is 0 Å². The number of carbonyl (C=O) groups is 1. The Hall–Kier alpha value is -3.03. The largest absolute Gasteiger partial charge is 0.338 e. The van der Waals surface area contributed by atoms with Crippen molar-refractivity contribution in [2.75, 3.05) is 13.1 Å². The topological polar surface area (TPSA) is 92.6 Å². The van der Waals surface area contributed by atoms with Crippen molar-refractivity contribution >= 4 is 5.91 Å². The first kappa shape index (κ1) is 15.5. The van der Waals surface area contributed by atoms with Crippen molar-refractivity contribution in [3.05, 3.63) is 48.5 Å². The van der Waals surface area contributed by atoms with Crippen molar-refractivity contribution in [2.45, 2.75) is 19.4 Å². The zero-order valence-corrected chi connectivity index (χ0v) is 13.7. The Bertz CT molecular complexity index is 811. The van der Waals surface area contributed by atoms with Gasteiger partial charge < -0.3 is 4.90 Å². The van der Waals surface area contributed by atoms with Gasteiger partial charge in [0.25, 0.3) is 5.91 Å². The maximum atomic E-state index is 12.8. The molecule has 4 rings (SSSR count). The molecule has 1 unspecified atom stereocenters. The number of amides is 1. The Labute approximate surface area is 144 Å². The Morgan fingerprint density at radius 1 is 1.28 bits per heavy atom. The maximum absolute atomic E-state index is 12.8. The highest BCUT2D eigenvalue weighted by atomic mass is 16.2. The SMILES string of the molecule is O=C(c1ccc(-c2ncn[nH]2)cc1)N1CCCC(Cn2ccnn2)C1. The van der Waals surface area contributed by atoms with E-state index in [-0.39, 0.29) is 5.91 Å². The summed E-state index contributed by atoms with van der Waals surface area (Å²) >= 11 is 0. The van der Waals surface area contributed by atoms with Gasteiger partial charge in [-0.3, -0.25) is 14.6 Å². The summed E-state index contributed by atoms with van der Waals surface area (Å²) < 4.78 is 1.84. The number of aromatic nitrogens is 6. The van der Waals surface area contributed by atoms with Crippen LogP contribution in [0.25, 0.3) is 11.4 Å². The van der Waals surface area contributed by atoms with Crippen molar-refractivity contribution in [1.29, 1.82) is 0 Å². The fourth-order valence-corrected chi connectivity index (χ4v) is 3.29. The van der Waals surface area contributed by atoms with E-state index < -0.39 is 0 Å². The van der Waals surface area contributed by atoms with E-state index in [2.05, 4.69) is 25.5 Å². The van der Waals surface area contributed by atoms with Gasteiger partial charge in [-0.15, -0.1) is 5.10 Å². The van der Waals surface area contributed by atoms with Crippen LogP contribution in [0.1, 0.15) is 23.2 Å². The summed E-state index contributed by atoms with van der Waals surface area (Å²) in [6.07, 6.45) is 7.14. The van der Waals surface area contributed by atoms with Crippen molar-refractivity contribution < 1.29 is 4.79 Å². The third-order valence-corrected chi connectivity index (χ3v) is 4.54. The number of H-pyrrole nitrogens is 1. The molecule has 1 saturated heterocycles. The molecular formula is C17H19N7O. The van der Waals surface area contributed by atoms with Crippen LogP contribution >= 0.6 is 0 Å². The first-order valence-corrected chi connectivity index (χ1v) is 8.39. The van der Waals surface area contributed by atoms with E-state index in [0.717, 1.165) is 38.0 Å². The minimum absolute atomic E-state index is 0.0763. The average Bonchev–Trinajstić information content (AvgIpc) is 3.35. The molecule has 0 spiro atoms. The number of likely N-dealkylation sites (tertiary alicyclic amines) is 1. The lowest BCUT2D eigenvalue weighted by molar-refractivity contribution is 0.0659. The van der Waals surface area contributed by atoms with Gasteiger partial charge in [0, 0.05) is 37.0 Å². The third-order valence-electron chi connectivity index (χ3n) is 4.54. The summed E-state index contributed by atoms with van der Waals surface area (Å²) in [5, 5.41) is 14.5. The molecule has 0 radical (unpaired) electrons. The number of hydrogen-bond acceptors (Lipinski definition) is 5. The molecule has 25 heavy (non-hydrogen) atoms. The molecule has 8 heteroatoms. The Morgan fingerprint density at radius 3 is 2.88 bits per heavy atom. The lowest BCUT2D eigenvalue weighted by Crippen LogP contribution is -2.41. The van der Waals surface area contributed by atoms with Crippen LogP contribution in [-0.2, 0) is 6.54 Å². The molecule has 2 aromatic heterocycles. The van der Waals surface area contributed by atoms with E-state index in [1.54, 1.807) is 6.20 Å². The van der Waals surface area contributed by atoms with Crippen molar-refractivity contribution in [3.63, 3.8) is 0 Å². The van der Waals surface area contributed by atoms with Gasteiger partial charge in [-0.2, -0.15) is 5.10 Å². The van der Waals surface area contributed by atoms with Crippen LogP contribution in [0.15, 0.2) is 43.0 Å². The third kappa shape index (κ3) is 3.42. The molecule has 3 aromatic rings. The zero-order chi connectivity index (χ0) is 17.1. The number of piperidine rings is 1. The molecule has 1 aliphatic heterocycles. The van der Waals surface area contributed by atoms with Gasteiger partial charge in [0.05, 0.1) is 6.20 Å². The Kier molecular flexibility index (Phi) is 4.24. The highest BCUT2D eigenvalue weighted by molar-refractivity contribution is 5.94. The minimum Gasteiger partial charge on any atom is -0.338 e. The van der Waals surface area contributed by atoms with Gasteiger partial charge in [0.15, 0.2) is 5.82 Å². The molecule has 1 aromatic carbocycles. The summed E-state index contributed by atoms with van der Waals surface area (Å²) in [6.45, 7) is 2.35. The Morgan fingerprint density at radius 2 is 2.16 bits per heavy atom. The summed E-state index contributed by atoms with van der Waals surface area (Å²) in [7, 11) is 0. The summed E-state index contributed by atoms with van der Waals surface area (Å²) in [5.41, 5.74) is 1.61. The van der Waals surface area contributed by atoms with Crippen LogP contribution in [0.5, 0.6) is 0 Å². The van der Waals surface area contributed by atoms with Gasteiger partial charge >= 0.3 is 0 Å². The summed E-state index contributed by atoms with van der Waals surface area (Å²) in [6, 6.07) is 7.48. The first-order valence-electron chi connectivity index (χ1n) is 8.39. The van der Waals surface area contributed by atoms with E-state index >= 15 is 0 Å². The smallest absolute Gasteiger partial charge is 0.253 e. The van der Waals surface area contributed by atoms with Crippen molar-refractivity contribution in [2.24, 2.45) is 5.92 Å². The lowest BCUT2D eigenvalue weighted by Gasteiger charge is -2.32. The fourth-order valence-electron chi connectivity index (χ4n) is 3.29. The second-order valence-electron chi connectivity index (χ2n) is 6.30. The highest BCUT2D eigenvalue weighted by Crippen LogP contribution is 2.21. The quantitative estimate of drug-likeness (QED) is 0.781. The maximum Gasteiger partial charge on any atom is 0.253 e. The van der Waals surface area contributed by atoms with Crippen LogP contribution in [0, 0.1) is 5.92 Å². The van der Waals surface area contributed by atoms with Crippen LogP contribution in [0.2, 0.25) is 0 Å². The monoisotopic (exact) mass is 337 g/mol. The molecule has 1 aliphatic rings. The van der Waals surface area contributed by atoms with E-state index in [9.17, 15) is 4.79 Å². The molecule has 128 valence electrons. The minimum atomic E-state index is 0.0763. The van der Waals surface area contributed by atoms with Gasteiger partial charge in [-0.25, -0.2) is 4.98 Å². The van der Waals surface area contributed by atoms with E-state index in [1.807, 2.05) is 40.0 Å². The zero-order valence-electron chi connectivity index (χ0n) is 13.7. The first-order chi connectivity index (χ1) is 12.3. The van der Waals surface area contributed by atoms with E-state index in [1.165, 1.54) is 6.33 Å². The molecule has 1 fully saturated rings. The standard InChI is InChI=1S/C17H19N7O/c25-17(15-5-3-14(4-6-15)16-18-12-20-21-16)23-8-1-2-13(10-23)11-24-9-7-19-22-24/h3-7,9,12-13H,1-2,8,10-11H2,(H,18,20,21). The predicted molar refractivity (Wildman–Crippen MR) is 90.5 cm³/mol. The molecule has 1 amide bonds. The lowest BCUT2D eigenvalue weighted by atomic mass is 9.97. The second kappa shape index (κ2) is 6.84. The van der Waals surface area contributed by atoms with Gasteiger partial charge in [0.1, 0.15) is 6.33 Å². The number of carbonyl (C=O) groups excluding carboxylic acids is 1. The number of hydrogen-bond donors (Lipinski definition) is 1. The highest BCUT2D eigenvalue weighted by Gasteiger charge is 2.25. The molecule has 0 saturated carbocycles. The van der Waals surface area contributed by atoms with Gasteiger partial charge in [0.2, 0.25) is 0 Å². The summed E-state index contributed by atoms with van der Waals surface area (Å²) in [4.78, 5) is 18.9. The number of benzene rings is 1. The van der Waals surface area contributed by atoms with Crippen molar-refractivity contribution in [1.82, 2.24) is 35.1 Å². The number of aromatic amines is 1. The Balaban J connectivity index is 1.43. The van der Waals surface area contributed by atoms with Gasteiger partial charge in [-0.05, 0) is 30.9 Å². The second-order valence-corrected chi connectivity index (χ2v) is 6.30. The molecule has 3 heterocycles. The fraction of sp³-hybridized carbons (Fsp3) is 0.353. The van der Waals surface area contributed by atoms with Crippen LogP contribution in [-0.4, -0.2) is 54.1 Å². The number of rotatable bonds is 4. The average molecular weight is 337 g/mol. The molecule has 0 bridgehead atoms. The van der Waals surface area contributed by atoms with Crippen LogP contribution in [0.3, 0.4) is 0 Å². The molecular weight excluding hydrogens is 318 g/mol.